The summed E-state index contributed by atoms with van der Waals surface area (Å²) in [5.41, 5.74) is 7.64. The van der Waals surface area contributed by atoms with Crippen LogP contribution in [0.4, 0.5) is 5.69 Å². The highest BCUT2D eigenvalue weighted by atomic mass is 35.5. The Hall–Kier alpha value is -2.57. The van der Waals surface area contributed by atoms with Gasteiger partial charge in [-0.15, -0.1) is 0 Å². The van der Waals surface area contributed by atoms with E-state index in [9.17, 15) is 9.59 Å². The van der Waals surface area contributed by atoms with Crippen LogP contribution in [0.1, 0.15) is 18.0 Å². The molecule has 3 rings (SSSR count). The van der Waals surface area contributed by atoms with Crippen molar-refractivity contribution < 1.29 is 14.3 Å². The van der Waals surface area contributed by atoms with Crippen molar-refractivity contribution in [1.82, 2.24) is 5.32 Å². The molecule has 2 atom stereocenters. The lowest BCUT2D eigenvalue weighted by molar-refractivity contribution is -0.126. The second kappa shape index (κ2) is 8.41. The zero-order valence-electron chi connectivity index (χ0n) is 15.0. The minimum Gasteiger partial charge on any atom is -0.495 e. The summed E-state index contributed by atoms with van der Waals surface area (Å²) >= 11 is 6.05. The first kappa shape index (κ1) is 19.2. The minimum absolute atomic E-state index is 0.136. The van der Waals surface area contributed by atoms with Gasteiger partial charge < -0.3 is 20.7 Å². The molecule has 7 heteroatoms. The molecule has 1 aliphatic rings. The monoisotopic (exact) mass is 387 g/mol. The van der Waals surface area contributed by atoms with Crippen molar-refractivity contribution in [3.63, 3.8) is 0 Å². The standard InChI is InChI=1S/C20H22ClN3O3/c1-27-18-8-7-15(21)10-17(18)24-12-14(9-19(24)25)20(26)23-11-16(22)13-5-3-2-4-6-13/h2-8,10,14,16H,9,11-12,22H2,1H3,(H,23,26). The maximum absolute atomic E-state index is 12.5. The van der Waals surface area contributed by atoms with Gasteiger partial charge in [0.05, 0.1) is 18.7 Å². The molecule has 0 radical (unpaired) electrons. The average Bonchev–Trinajstić information content (AvgIpc) is 3.08. The van der Waals surface area contributed by atoms with Gasteiger partial charge >= 0.3 is 0 Å². The Morgan fingerprint density at radius 3 is 2.78 bits per heavy atom. The zero-order valence-corrected chi connectivity index (χ0v) is 15.8. The average molecular weight is 388 g/mol. The van der Waals surface area contributed by atoms with Gasteiger partial charge in [0.1, 0.15) is 5.75 Å². The number of methoxy groups -OCH3 is 1. The lowest BCUT2D eigenvalue weighted by Crippen LogP contribution is -2.37. The summed E-state index contributed by atoms with van der Waals surface area (Å²) in [6.45, 7) is 0.593. The van der Waals surface area contributed by atoms with Crippen LogP contribution in [0.25, 0.3) is 0 Å². The molecule has 3 N–H and O–H groups in total. The maximum Gasteiger partial charge on any atom is 0.227 e. The number of amides is 2. The molecule has 2 aromatic carbocycles. The molecule has 0 aliphatic carbocycles. The van der Waals surface area contributed by atoms with E-state index in [1.165, 1.54) is 7.11 Å². The van der Waals surface area contributed by atoms with E-state index in [0.29, 0.717) is 23.0 Å². The maximum atomic E-state index is 12.5. The molecule has 1 fully saturated rings. The Morgan fingerprint density at radius 2 is 2.07 bits per heavy atom. The van der Waals surface area contributed by atoms with Crippen LogP contribution in [0.15, 0.2) is 48.5 Å². The number of nitrogens with zero attached hydrogens (tertiary/aromatic N) is 1. The highest BCUT2D eigenvalue weighted by molar-refractivity contribution is 6.31. The van der Waals surface area contributed by atoms with Crippen molar-refractivity contribution in [2.45, 2.75) is 12.5 Å². The van der Waals surface area contributed by atoms with Crippen LogP contribution in [-0.4, -0.2) is 32.0 Å². The van der Waals surface area contributed by atoms with Crippen LogP contribution in [0.3, 0.4) is 0 Å². The van der Waals surface area contributed by atoms with Crippen molar-refractivity contribution in [2.24, 2.45) is 11.7 Å². The van der Waals surface area contributed by atoms with Crippen molar-refractivity contribution in [1.29, 1.82) is 0 Å². The number of carbonyl (C=O) groups excluding carboxylic acids is 2. The van der Waals surface area contributed by atoms with Gasteiger partial charge in [0, 0.05) is 30.6 Å². The van der Waals surface area contributed by atoms with E-state index in [2.05, 4.69) is 5.32 Å². The minimum atomic E-state index is -0.441. The Bertz CT molecular complexity index is 828. The highest BCUT2D eigenvalue weighted by Gasteiger charge is 2.36. The molecule has 1 heterocycles. The molecule has 2 amide bonds. The third-order valence-electron chi connectivity index (χ3n) is 4.65. The van der Waals surface area contributed by atoms with E-state index in [4.69, 9.17) is 22.1 Å². The predicted molar refractivity (Wildman–Crippen MR) is 105 cm³/mol. The predicted octanol–water partition coefficient (Wildman–Crippen LogP) is 2.52. The van der Waals surface area contributed by atoms with Crippen LogP contribution in [0.2, 0.25) is 5.02 Å². The number of rotatable bonds is 6. The summed E-state index contributed by atoms with van der Waals surface area (Å²) in [6.07, 6.45) is 0.141. The third-order valence-corrected chi connectivity index (χ3v) is 4.89. The SMILES string of the molecule is COc1ccc(Cl)cc1N1CC(C(=O)NCC(N)c2ccccc2)CC1=O. The number of hydrogen-bond donors (Lipinski definition) is 2. The van der Waals surface area contributed by atoms with E-state index in [1.54, 1.807) is 23.1 Å². The van der Waals surface area contributed by atoms with Gasteiger partial charge in [-0.3, -0.25) is 9.59 Å². The number of anilines is 1. The first-order valence-corrected chi connectivity index (χ1v) is 9.09. The fraction of sp³-hybridized carbons (Fsp3) is 0.300. The summed E-state index contributed by atoms with van der Waals surface area (Å²) in [6, 6.07) is 14.3. The normalized spacial score (nSPS) is 17.7. The zero-order chi connectivity index (χ0) is 19.4. The van der Waals surface area contributed by atoms with Gasteiger partial charge in [0.25, 0.3) is 0 Å². The molecule has 1 saturated heterocycles. The van der Waals surface area contributed by atoms with Gasteiger partial charge in [0.15, 0.2) is 0 Å². The van der Waals surface area contributed by atoms with Crippen molar-refractivity contribution in [3.05, 3.63) is 59.1 Å². The fourth-order valence-electron chi connectivity index (χ4n) is 3.16. The molecule has 0 bridgehead atoms. The van der Waals surface area contributed by atoms with Gasteiger partial charge in [-0.25, -0.2) is 0 Å². The lowest BCUT2D eigenvalue weighted by Gasteiger charge is -2.20. The Labute approximate surface area is 163 Å². The molecule has 1 aliphatic heterocycles. The number of benzene rings is 2. The summed E-state index contributed by atoms with van der Waals surface area (Å²) in [5, 5.41) is 3.36. The Morgan fingerprint density at radius 1 is 1.33 bits per heavy atom. The summed E-state index contributed by atoms with van der Waals surface area (Å²) in [5.74, 6) is -0.217. The van der Waals surface area contributed by atoms with Crippen molar-refractivity contribution >= 4 is 29.1 Å². The van der Waals surface area contributed by atoms with Crippen molar-refractivity contribution in [2.75, 3.05) is 25.1 Å². The molecular formula is C20H22ClN3O3. The number of hydrogen-bond acceptors (Lipinski definition) is 4. The Kier molecular flexibility index (Phi) is 5.98. The van der Waals surface area contributed by atoms with E-state index >= 15 is 0 Å². The third kappa shape index (κ3) is 4.40. The molecule has 0 spiro atoms. The van der Waals surface area contributed by atoms with E-state index < -0.39 is 5.92 Å². The molecule has 0 saturated carbocycles. The van der Waals surface area contributed by atoms with Crippen LogP contribution < -0.4 is 20.7 Å². The first-order valence-electron chi connectivity index (χ1n) is 8.71. The van der Waals surface area contributed by atoms with E-state index in [-0.39, 0.29) is 30.8 Å². The fourth-order valence-corrected chi connectivity index (χ4v) is 3.33. The number of ether oxygens (including phenoxy) is 1. The number of carbonyl (C=O) groups is 2. The molecular weight excluding hydrogens is 366 g/mol. The topological polar surface area (TPSA) is 84.7 Å². The Balaban J connectivity index is 1.63. The van der Waals surface area contributed by atoms with Gasteiger partial charge in [-0.1, -0.05) is 41.9 Å². The van der Waals surface area contributed by atoms with Crippen LogP contribution >= 0.6 is 11.6 Å². The van der Waals surface area contributed by atoms with E-state index in [1.807, 2.05) is 30.3 Å². The van der Waals surface area contributed by atoms with E-state index in [0.717, 1.165) is 5.56 Å². The first-order chi connectivity index (χ1) is 13.0. The number of halogens is 1. The summed E-state index contributed by atoms with van der Waals surface area (Å²) < 4.78 is 5.32. The number of nitrogens with one attached hydrogen (secondary N) is 1. The van der Waals surface area contributed by atoms with Gasteiger partial charge in [-0.2, -0.15) is 0 Å². The van der Waals surface area contributed by atoms with Gasteiger partial charge in [0.2, 0.25) is 11.8 Å². The largest absolute Gasteiger partial charge is 0.495 e. The highest BCUT2D eigenvalue weighted by Crippen LogP contribution is 2.35. The van der Waals surface area contributed by atoms with Gasteiger partial charge in [-0.05, 0) is 23.8 Å². The van der Waals surface area contributed by atoms with Crippen molar-refractivity contribution in [3.8, 4) is 5.75 Å². The number of nitrogens with two attached hydrogens (primary N) is 1. The summed E-state index contributed by atoms with van der Waals surface area (Å²) in [7, 11) is 1.53. The molecule has 0 aromatic heterocycles. The smallest absolute Gasteiger partial charge is 0.227 e. The van der Waals surface area contributed by atoms with Crippen LogP contribution in [0.5, 0.6) is 5.75 Å². The molecule has 142 valence electrons. The second-order valence-electron chi connectivity index (χ2n) is 6.48. The quantitative estimate of drug-likeness (QED) is 0.797. The molecule has 2 unspecified atom stereocenters. The van der Waals surface area contributed by atoms with Crippen LogP contribution in [-0.2, 0) is 9.59 Å². The lowest BCUT2D eigenvalue weighted by atomic mass is 10.1. The summed E-state index contributed by atoms with van der Waals surface area (Å²) in [4.78, 5) is 26.5. The molecule has 6 nitrogen and oxygen atoms in total. The second-order valence-corrected chi connectivity index (χ2v) is 6.92. The molecule has 2 aromatic rings. The molecule has 27 heavy (non-hydrogen) atoms. The van der Waals surface area contributed by atoms with Crippen LogP contribution in [0, 0.1) is 5.92 Å².